The molecule has 1 aliphatic carbocycles. The summed E-state index contributed by atoms with van der Waals surface area (Å²) >= 11 is 0. The van der Waals surface area contributed by atoms with Crippen LogP contribution in [0.4, 0.5) is 11.5 Å². The number of benzene rings is 1. The number of aliphatic hydroxyl groups is 1. The lowest BCUT2D eigenvalue weighted by Crippen LogP contribution is -2.37. The summed E-state index contributed by atoms with van der Waals surface area (Å²) in [4.78, 5) is 19.3. The van der Waals surface area contributed by atoms with Crippen molar-refractivity contribution in [3.63, 3.8) is 0 Å². The number of nitro groups is 1. The van der Waals surface area contributed by atoms with Crippen LogP contribution in [0.15, 0.2) is 30.3 Å². The van der Waals surface area contributed by atoms with Gasteiger partial charge in [-0.2, -0.15) is 0 Å². The Bertz CT molecular complexity index is 757. The van der Waals surface area contributed by atoms with Crippen LogP contribution in [-0.2, 0) is 0 Å². The number of nitrogens with zero attached hydrogens (tertiary/aromatic N) is 3. The maximum Gasteiger partial charge on any atom is 0.269 e. The molecule has 0 atom stereocenters. The fourth-order valence-corrected chi connectivity index (χ4v) is 3.23. The molecule has 0 saturated heterocycles. The fourth-order valence-electron chi connectivity index (χ4n) is 3.23. The van der Waals surface area contributed by atoms with Crippen LogP contribution in [0, 0.1) is 22.5 Å². The van der Waals surface area contributed by atoms with Crippen molar-refractivity contribution in [1.82, 2.24) is 9.97 Å². The van der Waals surface area contributed by atoms with E-state index in [0.29, 0.717) is 5.82 Å². The van der Waals surface area contributed by atoms with Gasteiger partial charge in [-0.3, -0.25) is 10.1 Å². The molecule has 25 heavy (non-hydrogen) atoms. The van der Waals surface area contributed by atoms with E-state index in [4.69, 9.17) is 0 Å². The largest absolute Gasteiger partial charge is 0.396 e. The molecular weight excluding hydrogens is 320 g/mol. The van der Waals surface area contributed by atoms with Crippen LogP contribution in [0.25, 0.3) is 11.4 Å². The van der Waals surface area contributed by atoms with Gasteiger partial charge in [-0.25, -0.2) is 9.97 Å². The van der Waals surface area contributed by atoms with Crippen molar-refractivity contribution >= 4 is 11.5 Å². The summed E-state index contributed by atoms with van der Waals surface area (Å²) in [6.07, 6.45) is 4.26. The maximum atomic E-state index is 10.8. The molecule has 0 unspecified atom stereocenters. The third-order valence-corrected chi connectivity index (χ3v) is 4.89. The maximum absolute atomic E-state index is 10.8. The average Bonchev–Trinajstić information content (AvgIpc) is 2.57. The number of rotatable bonds is 7. The Kier molecular flexibility index (Phi) is 4.94. The third-order valence-electron chi connectivity index (χ3n) is 4.89. The zero-order valence-electron chi connectivity index (χ0n) is 14.2. The standard InChI is InChI=1S/C18H22N4O3/c1-13-11-16(19-12-18(9-10-23)7-2-8-18)21-17(20-13)14-3-5-15(6-4-14)22(24)25/h3-6,11,23H,2,7-10,12H2,1H3,(H,19,20,21). The monoisotopic (exact) mass is 342 g/mol. The van der Waals surface area contributed by atoms with Gasteiger partial charge in [0.15, 0.2) is 5.82 Å². The molecule has 7 heteroatoms. The van der Waals surface area contributed by atoms with Crippen molar-refractivity contribution in [2.24, 2.45) is 5.41 Å². The van der Waals surface area contributed by atoms with E-state index in [9.17, 15) is 15.2 Å². The molecule has 3 rings (SSSR count). The van der Waals surface area contributed by atoms with E-state index in [1.165, 1.54) is 18.6 Å². The van der Waals surface area contributed by atoms with Crippen LogP contribution in [0.2, 0.25) is 0 Å². The molecule has 0 aliphatic heterocycles. The van der Waals surface area contributed by atoms with E-state index in [2.05, 4.69) is 15.3 Å². The van der Waals surface area contributed by atoms with Gasteiger partial charge >= 0.3 is 0 Å². The molecule has 1 saturated carbocycles. The van der Waals surface area contributed by atoms with Crippen molar-refractivity contribution in [2.45, 2.75) is 32.6 Å². The highest BCUT2D eigenvalue weighted by Crippen LogP contribution is 2.43. The molecule has 2 aromatic rings. The van der Waals surface area contributed by atoms with Gasteiger partial charge < -0.3 is 10.4 Å². The normalized spacial score (nSPS) is 15.4. The Balaban J connectivity index is 1.77. The number of non-ortho nitro benzene ring substituents is 1. The average molecular weight is 342 g/mol. The minimum Gasteiger partial charge on any atom is -0.396 e. The molecule has 1 fully saturated rings. The molecule has 0 bridgehead atoms. The lowest BCUT2D eigenvalue weighted by molar-refractivity contribution is -0.384. The summed E-state index contributed by atoms with van der Waals surface area (Å²) in [6.45, 7) is 2.89. The van der Waals surface area contributed by atoms with Gasteiger partial charge in [0.2, 0.25) is 0 Å². The highest BCUT2D eigenvalue weighted by molar-refractivity contribution is 5.59. The van der Waals surface area contributed by atoms with Gasteiger partial charge in [-0.1, -0.05) is 6.42 Å². The molecule has 1 aromatic carbocycles. The van der Waals surface area contributed by atoms with Gasteiger partial charge in [0.25, 0.3) is 5.69 Å². The summed E-state index contributed by atoms with van der Waals surface area (Å²) in [6, 6.07) is 8.13. The summed E-state index contributed by atoms with van der Waals surface area (Å²) in [7, 11) is 0. The van der Waals surface area contributed by atoms with Gasteiger partial charge in [-0.15, -0.1) is 0 Å². The minimum atomic E-state index is -0.424. The topological polar surface area (TPSA) is 101 Å². The van der Waals surface area contributed by atoms with E-state index in [0.717, 1.165) is 42.9 Å². The minimum absolute atomic E-state index is 0.0469. The molecule has 0 radical (unpaired) electrons. The van der Waals surface area contributed by atoms with Gasteiger partial charge in [-0.05, 0) is 43.7 Å². The molecule has 1 aliphatic rings. The highest BCUT2D eigenvalue weighted by Gasteiger charge is 2.36. The van der Waals surface area contributed by atoms with Gasteiger partial charge in [0.05, 0.1) is 4.92 Å². The number of aromatic nitrogens is 2. The number of hydrogen-bond acceptors (Lipinski definition) is 6. The van der Waals surface area contributed by atoms with E-state index < -0.39 is 4.92 Å². The SMILES string of the molecule is Cc1cc(NCC2(CCO)CCC2)nc(-c2ccc([N+](=O)[O-])cc2)n1. The van der Waals surface area contributed by atoms with Crippen LogP contribution < -0.4 is 5.32 Å². The zero-order chi connectivity index (χ0) is 17.9. The van der Waals surface area contributed by atoms with Crippen molar-refractivity contribution in [3.05, 3.63) is 46.1 Å². The molecular formula is C18H22N4O3. The Morgan fingerprint density at radius 3 is 2.56 bits per heavy atom. The predicted molar refractivity (Wildman–Crippen MR) is 95.3 cm³/mol. The number of nitro benzene ring substituents is 1. The lowest BCUT2D eigenvalue weighted by atomic mass is 9.67. The van der Waals surface area contributed by atoms with Crippen LogP contribution in [-0.4, -0.2) is 33.1 Å². The Morgan fingerprint density at radius 2 is 2.00 bits per heavy atom. The van der Waals surface area contributed by atoms with Crippen LogP contribution >= 0.6 is 0 Å². The number of aryl methyl sites for hydroxylation is 1. The number of hydrogen-bond donors (Lipinski definition) is 2. The van der Waals surface area contributed by atoms with E-state index in [1.54, 1.807) is 12.1 Å². The van der Waals surface area contributed by atoms with Crippen molar-refractivity contribution in [1.29, 1.82) is 0 Å². The van der Waals surface area contributed by atoms with Crippen LogP contribution in [0.3, 0.4) is 0 Å². The predicted octanol–water partition coefficient (Wildman–Crippen LogP) is 3.32. The Hall–Kier alpha value is -2.54. The number of nitrogens with one attached hydrogen (secondary N) is 1. The van der Waals surface area contributed by atoms with Crippen LogP contribution in [0.1, 0.15) is 31.4 Å². The second-order valence-electron chi connectivity index (χ2n) is 6.70. The first-order chi connectivity index (χ1) is 12.0. The number of aliphatic hydroxyl groups excluding tert-OH is 1. The summed E-state index contributed by atoms with van der Waals surface area (Å²) in [5, 5.41) is 23.4. The first-order valence-electron chi connectivity index (χ1n) is 8.47. The summed E-state index contributed by atoms with van der Waals surface area (Å²) in [5.41, 5.74) is 1.79. The molecule has 0 amide bonds. The van der Waals surface area contributed by atoms with E-state index >= 15 is 0 Å². The molecule has 132 valence electrons. The highest BCUT2D eigenvalue weighted by atomic mass is 16.6. The lowest BCUT2D eigenvalue weighted by Gasteiger charge is -2.42. The van der Waals surface area contributed by atoms with Crippen LogP contribution in [0.5, 0.6) is 0 Å². The van der Waals surface area contributed by atoms with E-state index in [-0.39, 0.29) is 17.7 Å². The molecule has 2 N–H and O–H groups in total. The summed E-state index contributed by atoms with van der Waals surface area (Å²) < 4.78 is 0. The first kappa shape index (κ1) is 17.3. The van der Waals surface area contributed by atoms with Crippen molar-refractivity contribution in [2.75, 3.05) is 18.5 Å². The zero-order valence-corrected chi connectivity index (χ0v) is 14.2. The smallest absolute Gasteiger partial charge is 0.269 e. The second kappa shape index (κ2) is 7.14. The molecule has 0 spiro atoms. The molecule has 1 heterocycles. The Morgan fingerprint density at radius 1 is 1.28 bits per heavy atom. The second-order valence-corrected chi connectivity index (χ2v) is 6.70. The van der Waals surface area contributed by atoms with Gasteiger partial charge in [0, 0.05) is 42.6 Å². The quantitative estimate of drug-likeness (QED) is 0.591. The Labute approximate surface area is 146 Å². The molecule has 7 nitrogen and oxygen atoms in total. The fraction of sp³-hybridized carbons (Fsp3) is 0.444. The van der Waals surface area contributed by atoms with E-state index in [1.807, 2.05) is 13.0 Å². The first-order valence-corrected chi connectivity index (χ1v) is 8.47. The third kappa shape index (κ3) is 3.93. The van der Waals surface area contributed by atoms with Crippen molar-refractivity contribution in [3.8, 4) is 11.4 Å². The number of anilines is 1. The van der Waals surface area contributed by atoms with Crippen molar-refractivity contribution < 1.29 is 10.0 Å². The summed E-state index contributed by atoms with van der Waals surface area (Å²) in [5.74, 6) is 1.28. The van der Waals surface area contributed by atoms with Gasteiger partial charge in [0.1, 0.15) is 5.82 Å². The molecule has 1 aromatic heterocycles.